The number of aliphatic hydroxyl groups excluding tert-OH is 1. The van der Waals surface area contributed by atoms with Crippen LogP contribution in [0.4, 0.5) is 0 Å². The quantitative estimate of drug-likeness (QED) is 0.168. The van der Waals surface area contributed by atoms with Crippen molar-refractivity contribution in [1.82, 2.24) is 31.9 Å². The molecule has 1 fully saturated rings. The second kappa shape index (κ2) is 21.8. The minimum absolute atomic E-state index is 0.0343. The fraction of sp³-hybridized carbons (Fsp3) is 0.629. The number of carbonyl (C=O) groups is 6. The van der Waals surface area contributed by atoms with E-state index in [0.717, 1.165) is 12.0 Å². The van der Waals surface area contributed by atoms with Gasteiger partial charge in [0.15, 0.2) is 0 Å². The van der Waals surface area contributed by atoms with Crippen LogP contribution < -0.4 is 31.9 Å². The van der Waals surface area contributed by atoms with Crippen LogP contribution in [0.15, 0.2) is 35.3 Å². The third kappa shape index (κ3) is 15.3. The third-order valence-electron chi connectivity index (χ3n) is 8.15. The minimum atomic E-state index is -1.44. The van der Waals surface area contributed by atoms with Crippen molar-refractivity contribution in [3.8, 4) is 0 Å². The smallest absolute Gasteiger partial charge is 0.269 e. The van der Waals surface area contributed by atoms with E-state index in [0.29, 0.717) is 25.1 Å². The molecule has 0 aliphatic carbocycles. The lowest BCUT2D eigenvalue weighted by molar-refractivity contribution is -0.131. The van der Waals surface area contributed by atoms with E-state index < -0.39 is 66.2 Å². The fourth-order valence-electron chi connectivity index (χ4n) is 5.59. The molecule has 0 unspecified atom stereocenters. The SMILES string of the molecule is CC(C)CC1=NC(=O)[C@@H](NC(=O)[C@H](Cc2ccccc2)NC(=O)[C@@H]2CCCN2)CSSCCNC(=O)CNC(=O)[C@H](CC(C)C)NC(=O)C[C@@H]1O. The Hall–Kier alpha value is -3.47. The molecule has 1 aromatic carbocycles. The van der Waals surface area contributed by atoms with Crippen molar-refractivity contribution in [3.63, 3.8) is 0 Å². The topological polar surface area (TPSA) is 207 Å². The van der Waals surface area contributed by atoms with Crippen LogP contribution in [-0.4, -0.2) is 108 Å². The largest absolute Gasteiger partial charge is 0.387 e. The van der Waals surface area contributed by atoms with Gasteiger partial charge in [-0.15, -0.1) is 0 Å². The second-order valence-corrected chi connectivity index (χ2v) is 16.3. The van der Waals surface area contributed by atoms with Gasteiger partial charge in [0.2, 0.25) is 29.5 Å². The Morgan fingerprint density at radius 3 is 2.37 bits per heavy atom. The van der Waals surface area contributed by atoms with Gasteiger partial charge in [0.25, 0.3) is 5.91 Å². The molecular formula is C35H53N7O7S2. The zero-order valence-corrected chi connectivity index (χ0v) is 31.5. The van der Waals surface area contributed by atoms with Crippen LogP contribution in [0.25, 0.3) is 0 Å². The number of aliphatic imine (C=N–C) groups is 1. The maximum Gasteiger partial charge on any atom is 0.269 e. The number of aliphatic hydroxyl groups is 1. The number of nitrogens with one attached hydrogen (secondary N) is 6. The van der Waals surface area contributed by atoms with Gasteiger partial charge in [-0.1, -0.05) is 79.6 Å². The average molecular weight is 748 g/mol. The molecule has 2 aliphatic heterocycles. The summed E-state index contributed by atoms with van der Waals surface area (Å²) in [5.74, 6) is -2.54. The predicted octanol–water partition coefficient (Wildman–Crippen LogP) is 0.874. The number of benzene rings is 1. The van der Waals surface area contributed by atoms with Crippen molar-refractivity contribution < 1.29 is 33.9 Å². The predicted molar refractivity (Wildman–Crippen MR) is 200 cm³/mol. The van der Waals surface area contributed by atoms with Gasteiger partial charge in [-0.2, -0.15) is 0 Å². The lowest BCUT2D eigenvalue weighted by Gasteiger charge is -2.24. The Morgan fingerprint density at radius 1 is 0.961 bits per heavy atom. The molecule has 51 heavy (non-hydrogen) atoms. The molecule has 3 rings (SSSR count). The summed E-state index contributed by atoms with van der Waals surface area (Å²) < 4.78 is 0. The summed E-state index contributed by atoms with van der Waals surface area (Å²) in [5.41, 5.74) is 0.906. The minimum Gasteiger partial charge on any atom is -0.387 e. The zero-order chi connectivity index (χ0) is 37.3. The van der Waals surface area contributed by atoms with Crippen LogP contribution in [0.5, 0.6) is 0 Å². The summed E-state index contributed by atoms with van der Waals surface area (Å²) >= 11 is 0. The number of rotatable bonds is 10. The third-order valence-corrected chi connectivity index (χ3v) is 10.6. The number of hydrogen-bond donors (Lipinski definition) is 7. The van der Waals surface area contributed by atoms with E-state index in [4.69, 9.17) is 0 Å². The number of hydrogen-bond acceptors (Lipinski definition) is 10. The molecule has 0 aromatic heterocycles. The van der Waals surface area contributed by atoms with Gasteiger partial charge < -0.3 is 37.0 Å². The Bertz CT molecular complexity index is 1370. The van der Waals surface area contributed by atoms with Crippen molar-refractivity contribution in [1.29, 1.82) is 0 Å². The van der Waals surface area contributed by atoms with Crippen molar-refractivity contribution >= 4 is 62.7 Å². The normalized spacial score (nSPS) is 23.9. The standard InChI is InChI=1S/C35H53N7O7S2/c1-21(2)15-25-29(43)18-30(44)39-26(16-22(3)4)32(46)38-19-31(45)37-13-14-50-51-20-28(35(49)40-25)42-34(48)27(17-23-9-6-5-7-10-23)41-33(47)24-11-8-12-36-24/h5-7,9-10,21-22,24,26-29,36,43H,8,11-20H2,1-4H3,(H,37,45)(H,38,46)(H,39,44)(H,41,47)(H,42,48)/t24-,26-,27-,28-,29-/m0/s1. The summed E-state index contributed by atoms with van der Waals surface area (Å²) in [4.78, 5) is 83.5. The van der Waals surface area contributed by atoms with Crippen molar-refractivity contribution in [3.05, 3.63) is 35.9 Å². The average Bonchev–Trinajstić information content (AvgIpc) is 3.62. The first-order valence-electron chi connectivity index (χ1n) is 17.6. The highest BCUT2D eigenvalue weighted by Crippen LogP contribution is 2.22. The molecule has 1 saturated heterocycles. The maximum absolute atomic E-state index is 13.9. The van der Waals surface area contributed by atoms with Gasteiger partial charge in [-0.05, 0) is 49.6 Å². The first-order valence-corrected chi connectivity index (χ1v) is 20.1. The number of amides is 6. The molecule has 0 saturated carbocycles. The van der Waals surface area contributed by atoms with E-state index >= 15 is 0 Å². The molecule has 7 N–H and O–H groups in total. The molecule has 2 heterocycles. The molecule has 1 aromatic rings. The summed E-state index contributed by atoms with van der Waals surface area (Å²) in [5, 5.41) is 28.0. The number of nitrogens with zero attached hydrogens (tertiary/aromatic N) is 1. The summed E-state index contributed by atoms with van der Waals surface area (Å²) in [6.07, 6.45) is 0.309. The lowest BCUT2D eigenvalue weighted by atomic mass is 9.99. The Labute approximate surface area is 308 Å². The van der Waals surface area contributed by atoms with Gasteiger partial charge >= 0.3 is 0 Å². The van der Waals surface area contributed by atoms with Crippen LogP contribution in [-0.2, 0) is 35.2 Å². The summed E-state index contributed by atoms with van der Waals surface area (Å²) in [7, 11) is 2.67. The highest BCUT2D eigenvalue weighted by atomic mass is 33.1. The van der Waals surface area contributed by atoms with E-state index in [2.05, 4.69) is 36.9 Å². The van der Waals surface area contributed by atoms with E-state index in [-0.39, 0.29) is 55.1 Å². The molecule has 6 amide bonds. The van der Waals surface area contributed by atoms with E-state index in [1.807, 2.05) is 58.0 Å². The molecule has 2 aliphatic rings. The van der Waals surface area contributed by atoms with Gasteiger partial charge in [0.05, 0.1) is 24.7 Å². The van der Waals surface area contributed by atoms with E-state index in [9.17, 15) is 33.9 Å². The van der Waals surface area contributed by atoms with Gasteiger partial charge in [-0.25, -0.2) is 4.99 Å². The van der Waals surface area contributed by atoms with Crippen molar-refractivity contribution in [2.24, 2.45) is 16.8 Å². The molecule has 14 nitrogen and oxygen atoms in total. The maximum atomic E-state index is 13.9. The lowest BCUT2D eigenvalue weighted by Crippen LogP contribution is -2.55. The molecule has 0 bridgehead atoms. The van der Waals surface area contributed by atoms with Gasteiger partial charge in [0.1, 0.15) is 24.2 Å². The Kier molecular flexibility index (Phi) is 17.9. The molecule has 16 heteroatoms. The van der Waals surface area contributed by atoms with Crippen molar-refractivity contribution in [2.45, 2.75) is 96.5 Å². The molecule has 5 atom stereocenters. The molecule has 0 radical (unpaired) electrons. The van der Waals surface area contributed by atoms with Crippen LogP contribution in [0.1, 0.15) is 65.4 Å². The van der Waals surface area contributed by atoms with Gasteiger partial charge in [-0.3, -0.25) is 28.8 Å². The summed E-state index contributed by atoms with van der Waals surface area (Å²) in [6, 6.07) is 5.77. The Balaban J connectivity index is 1.88. The first-order chi connectivity index (χ1) is 24.3. The highest BCUT2D eigenvalue weighted by Gasteiger charge is 2.32. The first kappa shape index (κ1) is 41.9. The highest BCUT2D eigenvalue weighted by molar-refractivity contribution is 8.76. The van der Waals surface area contributed by atoms with Crippen LogP contribution in [0, 0.1) is 11.8 Å². The van der Waals surface area contributed by atoms with Crippen LogP contribution in [0.2, 0.25) is 0 Å². The molecule has 0 spiro atoms. The second-order valence-electron chi connectivity index (χ2n) is 13.6. The van der Waals surface area contributed by atoms with E-state index in [1.165, 1.54) is 21.6 Å². The fourth-order valence-corrected chi connectivity index (χ4v) is 7.65. The zero-order valence-electron chi connectivity index (χ0n) is 29.9. The van der Waals surface area contributed by atoms with Crippen molar-refractivity contribution in [2.75, 3.05) is 31.1 Å². The Morgan fingerprint density at radius 2 is 1.71 bits per heavy atom. The molecule has 282 valence electrons. The summed E-state index contributed by atoms with van der Waals surface area (Å²) in [6.45, 7) is 8.28. The van der Waals surface area contributed by atoms with Crippen LogP contribution in [0.3, 0.4) is 0 Å². The molecular weight excluding hydrogens is 695 g/mol. The monoisotopic (exact) mass is 747 g/mol. The van der Waals surface area contributed by atoms with E-state index in [1.54, 1.807) is 0 Å². The van der Waals surface area contributed by atoms with Crippen LogP contribution >= 0.6 is 21.6 Å². The number of carbonyl (C=O) groups excluding carboxylic acids is 6. The van der Waals surface area contributed by atoms with Gasteiger partial charge in [0, 0.05) is 24.5 Å².